The molecule has 0 aliphatic heterocycles. The molecule has 21 heavy (non-hydrogen) atoms. The Morgan fingerprint density at radius 1 is 1.14 bits per heavy atom. The molecule has 2 aromatic carbocycles. The predicted octanol–water partition coefficient (Wildman–Crippen LogP) is 3.88. The van der Waals surface area contributed by atoms with Gasteiger partial charge in [0.15, 0.2) is 5.16 Å². The van der Waals surface area contributed by atoms with Crippen LogP contribution in [-0.2, 0) is 6.54 Å². The smallest absolute Gasteiger partial charge is 0.188 e. The summed E-state index contributed by atoms with van der Waals surface area (Å²) in [5, 5.41) is 10.9. The highest BCUT2D eigenvalue weighted by Crippen LogP contribution is 2.25. The Balaban J connectivity index is 1.59. The van der Waals surface area contributed by atoms with Crippen molar-refractivity contribution in [1.82, 2.24) is 15.2 Å². The second-order valence-electron chi connectivity index (χ2n) is 4.76. The van der Waals surface area contributed by atoms with E-state index in [1.165, 1.54) is 17.5 Å². The topological polar surface area (TPSA) is 53.6 Å². The number of H-pyrrole nitrogens is 1. The van der Waals surface area contributed by atoms with Gasteiger partial charge >= 0.3 is 0 Å². The van der Waals surface area contributed by atoms with E-state index < -0.39 is 0 Å². The van der Waals surface area contributed by atoms with Crippen molar-refractivity contribution >= 4 is 17.4 Å². The molecule has 1 heterocycles. The highest BCUT2D eigenvalue weighted by molar-refractivity contribution is 7.99. The summed E-state index contributed by atoms with van der Waals surface area (Å²) in [7, 11) is 0. The highest BCUT2D eigenvalue weighted by atomic mass is 32.2. The Hall–Kier alpha value is -2.27. The predicted molar refractivity (Wildman–Crippen MR) is 85.5 cm³/mol. The number of benzene rings is 2. The second-order valence-corrected chi connectivity index (χ2v) is 5.82. The maximum absolute atomic E-state index is 4.10. The fourth-order valence-corrected chi connectivity index (χ4v) is 2.72. The van der Waals surface area contributed by atoms with Gasteiger partial charge in [0.2, 0.25) is 0 Å². The fourth-order valence-electron chi connectivity index (χ4n) is 2.02. The average molecular weight is 296 g/mol. The van der Waals surface area contributed by atoms with E-state index in [1.807, 2.05) is 0 Å². The molecular formula is C16H16N4S. The zero-order valence-electron chi connectivity index (χ0n) is 11.7. The van der Waals surface area contributed by atoms with Gasteiger partial charge in [0, 0.05) is 17.1 Å². The van der Waals surface area contributed by atoms with Gasteiger partial charge in [-0.2, -0.15) is 5.10 Å². The minimum absolute atomic E-state index is 0.801. The third-order valence-electron chi connectivity index (χ3n) is 3.04. The summed E-state index contributed by atoms with van der Waals surface area (Å²) in [6.07, 6.45) is 1.51. The molecule has 2 N–H and O–H groups in total. The van der Waals surface area contributed by atoms with Crippen LogP contribution in [0.4, 0.5) is 5.69 Å². The van der Waals surface area contributed by atoms with Gasteiger partial charge in [0.25, 0.3) is 0 Å². The van der Waals surface area contributed by atoms with E-state index in [1.54, 1.807) is 11.8 Å². The summed E-state index contributed by atoms with van der Waals surface area (Å²) in [4.78, 5) is 5.23. The normalized spacial score (nSPS) is 10.5. The number of nitrogens with zero attached hydrogens (tertiary/aromatic N) is 2. The molecule has 0 aliphatic carbocycles. The lowest BCUT2D eigenvalue weighted by atomic mass is 10.1. The number of aromatic amines is 1. The Kier molecular flexibility index (Phi) is 4.21. The van der Waals surface area contributed by atoms with Crippen molar-refractivity contribution < 1.29 is 0 Å². The number of nitrogens with one attached hydrogen (secondary N) is 2. The summed E-state index contributed by atoms with van der Waals surface area (Å²) in [5.74, 6) is 0. The lowest BCUT2D eigenvalue weighted by molar-refractivity contribution is 0.973. The van der Waals surface area contributed by atoms with Gasteiger partial charge in [-0.15, -0.1) is 0 Å². The van der Waals surface area contributed by atoms with Crippen molar-refractivity contribution in [2.75, 3.05) is 5.32 Å². The third kappa shape index (κ3) is 3.86. The van der Waals surface area contributed by atoms with Crippen LogP contribution in [0.3, 0.4) is 0 Å². The van der Waals surface area contributed by atoms with E-state index in [9.17, 15) is 0 Å². The van der Waals surface area contributed by atoms with Gasteiger partial charge < -0.3 is 5.32 Å². The fraction of sp³-hybridized carbons (Fsp3) is 0.125. The number of hydrogen-bond acceptors (Lipinski definition) is 4. The molecule has 5 heteroatoms. The molecule has 0 bridgehead atoms. The van der Waals surface area contributed by atoms with Crippen LogP contribution in [0.2, 0.25) is 0 Å². The second kappa shape index (κ2) is 6.45. The van der Waals surface area contributed by atoms with Gasteiger partial charge in [-0.25, -0.2) is 4.98 Å². The van der Waals surface area contributed by atoms with E-state index in [-0.39, 0.29) is 0 Å². The van der Waals surface area contributed by atoms with Gasteiger partial charge in [0.05, 0.1) is 0 Å². The molecule has 0 aliphatic rings. The van der Waals surface area contributed by atoms with E-state index in [4.69, 9.17) is 0 Å². The Morgan fingerprint density at radius 3 is 2.71 bits per heavy atom. The molecule has 0 radical (unpaired) electrons. The molecule has 0 atom stereocenters. The van der Waals surface area contributed by atoms with Crippen LogP contribution < -0.4 is 5.32 Å². The van der Waals surface area contributed by atoms with E-state index >= 15 is 0 Å². The van der Waals surface area contributed by atoms with Gasteiger partial charge in [0.1, 0.15) is 6.33 Å². The van der Waals surface area contributed by atoms with Crippen LogP contribution in [0.1, 0.15) is 11.1 Å². The highest BCUT2D eigenvalue weighted by Gasteiger charge is 2.00. The SMILES string of the molecule is Cc1cccc(CNc2ccc(Sc3ncn[nH]3)cc2)c1. The molecule has 0 fully saturated rings. The molecular weight excluding hydrogens is 280 g/mol. The quantitative estimate of drug-likeness (QED) is 0.750. The first kappa shape index (κ1) is 13.7. The van der Waals surface area contributed by atoms with Crippen LogP contribution in [0.5, 0.6) is 0 Å². The molecule has 0 saturated carbocycles. The molecule has 106 valence electrons. The van der Waals surface area contributed by atoms with Crippen LogP contribution in [-0.4, -0.2) is 15.2 Å². The van der Waals surface area contributed by atoms with Crippen LogP contribution >= 0.6 is 11.8 Å². The first-order chi connectivity index (χ1) is 10.3. The molecule has 1 aromatic heterocycles. The molecule has 0 amide bonds. The zero-order valence-corrected chi connectivity index (χ0v) is 12.5. The first-order valence-electron chi connectivity index (χ1n) is 6.72. The van der Waals surface area contributed by atoms with Crippen LogP contribution in [0.25, 0.3) is 0 Å². The number of hydrogen-bond donors (Lipinski definition) is 2. The minimum atomic E-state index is 0.801. The summed E-state index contributed by atoms with van der Waals surface area (Å²) < 4.78 is 0. The molecule has 0 unspecified atom stereocenters. The lowest BCUT2D eigenvalue weighted by Crippen LogP contribution is -1.99. The number of rotatable bonds is 5. The van der Waals surface area contributed by atoms with Crippen molar-refractivity contribution in [3.05, 3.63) is 66.0 Å². The first-order valence-corrected chi connectivity index (χ1v) is 7.54. The van der Waals surface area contributed by atoms with Gasteiger partial charge in [-0.3, -0.25) is 5.10 Å². The Labute approximate surface area is 128 Å². The molecule has 3 aromatic rings. The number of aromatic nitrogens is 3. The molecule has 0 spiro atoms. The van der Waals surface area contributed by atoms with Crippen molar-refractivity contribution in [3.8, 4) is 0 Å². The maximum atomic E-state index is 4.10. The summed E-state index contributed by atoms with van der Waals surface area (Å²) in [6, 6.07) is 16.8. The van der Waals surface area contributed by atoms with Crippen molar-refractivity contribution in [2.24, 2.45) is 0 Å². The van der Waals surface area contributed by atoms with Gasteiger partial charge in [-0.05, 0) is 36.8 Å². The van der Waals surface area contributed by atoms with Gasteiger partial charge in [-0.1, -0.05) is 41.6 Å². The number of aryl methyl sites for hydroxylation is 1. The summed E-state index contributed by atoms with van der Waals surface area (Å²) in [6.45, 7) is 2.94. The molecule has 3 rings (SSSR count). The van der Waals surface area contributed by atoms with E-state index in [2.05, 4.69) is 76.0 Å². The summed E-state index contributed by atoms with van der Waals surface area (Å²) in [5.41, 5.74) is 3.68. The van der Waals surface area contributed by atoms with E-state index in [0.29, 0.717) is 0 Å². The van der Waals surface area contributed by atoms with Crippen molar-refractivity contribution in [3.63, 3.8) is 0 Å². The Morgan fingerprint density at radius 2 is 2.00 bits per heavy atom. The number of anilines is 1. The summed E-state index contributed by atoms with van der Waals surface area (Å²) >= 11 is 1.56. The molecule has 0 saturated heterocycles. The standard InChI is InChI=1S/C16H16N4S/c1-12-3-2-4-13(9-12)10-17-14-5-7-15(8-6-14)21-16-18-11-19-20-16/h2-9,11,17H,10H2,1H3,(H,18,19,20). The van der Waals surface area contributed by atoms with Crippen molar-refractivity contribution in [2.45, 2.75) is 23.5 Å². The zero-order chi connectivity index (χ0) is 14.5. The van der Waals surface area contributed by atoms with E-state index in [0.717, 1.165) is 22.3 Å². The minimum Gasteiger partial charge on any atom is -0.381 e. The average Bonchev–Trinajstić information content (AvgIpc) is 3.00. The molecule has 4 nitrogen and oxygen atoms in total. The van der Waals surface area contributed by atoms with Crippen LogP contribution in [0, 0.1) is 6.92 Å². The largest absolute Gasteiger partial charge is 0.381 e. The monoisotopic (exact) mass is 296 g/mol. The Bertz CT molecular complexity index is 693. The third-order valence-corrected chi connectivity index (χ3v) is 3.94. The van der Waals surface area contributed by atoms with Crippen LogP contribution in [0.15, 0.2) is 64.9 Å². The maximum Gasteiger partial charge on any atom is 0.188 e. The lowest BCUT2D eigenvalue weighted by Gasteiger charge is -2.08. The van der Waals surface area contributed by atoms with Crippen molar-refractivity contribution in [1.29, 1.82) is 0 Å².